The molecule has 1 saturated carbocycles. The van der Waals surface area contributed by atoms with Crippen LogP contribution in [0.4, 0.5) is 5.69 Å². The number of nitrogen functional groups attached to an aromatic ring is 1. The number of hydrogen-bond donors (Lipinski definition) is 3. The van der Waals surface area contributed by atoms with Crippen LogP contribution in [-0.2, 0) is 4.79 Å². The lowest BCUT2D eigenvalue weighted by Gasteiger charge is -2.38. The average molecular weight is 269 g/mol. The summed E-state index contributed by atoms with van der Waals surface area (Å²) >= 11 is 5.82. The van der Waals surface area contributed by atoms with Gasteiger partial charge in [0.15, 0.2) is 0 Å². The Hall–Kier alpha value is -1.75. The molecule has 6 heteroatoms. The van der Waals surface area contributed by atoms with E-state index in [1.165, 1.54) is 18.2 Å². The predicted molar refractivity (Wildman–Crippen MR) is 67.5 cm³/mol. The van der Waals surface area contributed by atoms with Crippen molar-refractivity contribution in [1.29, 1.82) is 0 Å². The van der Waals surface area contributed by atoms with E-state index in [-0.39, 0.29) is 5.02 Å². The molecule has 1 fully saturated rings. The van der Waals surface area contributed by atoms with Crippen LogP contribution in [0.5, 0.6) is 0 Å². The van der Waals surface area contributed by atoms with Crippen LogP contribution in [0.1, 0.15) is 29.6 Å². The molecule has 96 valence electrons. The smallest absolute Gasteiger partial charge is 0.329 e. The van der Waals surface area contributed by atoms with Crippen LogP contribution in [0.15, 0.2) is 18.2 Å². The summed E-state index contributed by atoms with van der Waals surface area (Å²) in [5.74, 6) is -1.44. The maximum atomic E-state index is 11.9. The number of halogens is 1. The summed E-state index contributed by atoms with van der Waals surface area (Å²) in [4.78, 5) is 23.1. The second-order valence-electron chi connectivity index (χ2n) is 4.43. The summed E-state index contributed by atoms with van der Waals surface area (Å²) < 4.78 is 0. The number of carboxylic acids is 1. The maximum Gasteiger partial charge on any atom is 0.329 e. The van der Waals surface area contributed by atoms with Crippen molar-refractivity contribution < 1.29 is 14.7 Å². The number of nitrogens with two attached hydrogens (primary N) is 1. The van der Waals surface area contributed by atoms with Crippen LogP contribution in [-0.4, -0.2) is 22.5 Å². The summed E-state index contributed by atoms with van der Waals surface area (Å²) in [6.07, 6.45) is 1.71. The predicted octanol–water partition coefficient (Wildman–Crippen LogP) is 1.66. The van der Waals surface area contributed by atoms with E-state index in [4.69, 9.17) is 22.4 Å². The minimum Gasteiger partial charge on any atom is -0.480 e. The standard InChI is InChI=1S/C12H13ClN2O3/c13-8-6-7(2-3-9(8)14)10(16)15-12(11(17)18)4-1-5-12/h2-3,6H,1,4-5,14H2,(H,15,16)(H,17,18). The zero-order valence-corrected chi connectivity index (χ0v) is 10.3. The van der Waals surface area contributed by atoms with Gasteiger partial charge < -0.3 is 16.2 Å². The monoisotopic (exact) mass is 268 g/mol. The third kappa shape index (κ3) is 2.13. The second-order valence-corrected chi connectivity index (χ2v) is 4.84. The first kappa shape index (κ1) is 12.7. The Kier molecular flexibility index (Phi) is 3.17. The first-order valence-electron chi connectivity index (χ1n) is 5.55. The molecule has 0 unspecified atom stereocenters. The van der Waals surface area contributed by atoms with Gasteiger partial charge in [-0.25, -0.2) is 4.79 Å². The minimum atomic E-state index is -1.12. The van der Waals surface area contributed by atoms with E-state index in [0.717, 1.165) is 6.42 Å². The Balaban J connectivity index is 2.17. The number of rotatable bonds is 3. The highest BCUT2D eigenvalue weighted by Gasteiger charge is 2.45. The molecule has 18 heavy (non-hydrogen) atoms. The molecule has 1 aliphatic carbocycles. The van der Waals surface area contributed by atoms with Gasteiger partial charge in [0.2, 0.25) is 0 Å². The van der Waals surface area contributed by atoms with Crippen LogP contribution in [0.2, 0.25) is 5.02 Å². The molecule has 0 bridgehead atoms. The zero-order valence-electron chi connectivity index (χ0n) is 9.57. The van der Waals surface area contributed by atoms with E-state index >= 15 is 0 Å². The van der Waals surface area contributed by atoms with Crippen LogP contribution < -0.4 is 11.1 Å². The molecule has 1 aromatic rings. The first-order valence-corrected chi connectivity index (χ1v) is 5.93. The highest BCUT2D eigenvalue weighted by Crippen LogP contribution is 2.32. The van der Waals surface area contributed by atoms with Gasteiger partial charge in [0.05, 0.1) is 10.7 Å². The first-order chi connectivity index (χ1) is 8.44. The number of benzene rings is 1. The molecule has 0 saturated heterocycles. The largest absolute Gasteiger partial charge is 0.480 e. The third-order valence-electron chi connectivity index (χ3n) is 3.23. The third-order valence-corrected chi connectivity index (χ3v) is 3.56. The number of anilines is 1. The number of carbonyl (C=O) groups excluding carboxylic acids is 1. The number of nitrogens with one attached hydrogen (secondary N) is 1. The quantitative estimate of drug-likeness (QED) is 0.727. The van der Waals surface area contributed by atoms with Crippen LogP contribution in [0.3, 0.4) is 0 Å². The Morgan fingerprint density at radius 3 is 2.50 bits per heavy atom. The molecule has 0 radical (unpaired) electrons. The van der Waals surface area contributed by atoms with Crippen molar-refractivity contribution in [2.24, 2.45) is 0 Å². The highest BCUT2D eigenvalue weighted by molar-refractivity contribution is 6.33. The van der Waals surface area contributed by atoms with Crippen molar-refractivity contribution in [2.75, 3.05) is 5.73 Å². The molecular weight excluding hydrogens is 256 g/mol. The van der Waals surface area contributed by atoms with Gasteiger partial charge in [0, 0.05) is 5.56 Å². The molecule has 0 atom stereocenters. The number of aliphatic carboxylic acids is 1. The number of hydrogen-bond acceptors (Lipinski definition) is 3. The van der Waals surface area contributed by atoms with Gasteiger partial charge in [0.1, 0.15) is 5.54 Å². The van der Waals surface area contributed by atoms with Crippen molar-refractivity contribution in [1.82, 2.24) is 5.32 Å². The highest BCUT2D eigenvalue weighted by atomic mass is 35.5. The van der Waals surface area contributed by atoms with Gasteiger partial charge in [-0.1, -0.05) is 11.6 Å². The van der Waals surface area contributed by atoms with Crippen LogP contribution in [0.25, 0.3) is 0 Å². The molecule has 0 spiro atoms. The molecule has 0 heterocycles. The van der Waals surface area contributed by atoms with Crippen LogP contribution in [0, 0.1) is 0 Å². The molecule has 5 nitrogen and oxygen atoms in total. The summed E-state index contributed by atoms with van der Waals surface area (Å²) in [6, 6.07) is 4.47. The van der Waals surface area contributed by atoms with Gasteiger partial charge in [-0.2, -0.15) is 0 Å². The van der Waals surface area contributed by atoms with E-state index < -0.39 is 17.4 Å². The van der Waals surface area contributed by atoms with Gasteiger partial charge in [-0.05, 0) is 37.5 Å². The fourth-order valence-corrected chi connectivity index (χ4v) is 2.06. The Bertz CT molecular complexity index is 512. The topological polar surface area (TPSA) is 92.4 Å². The van der Waals surface area contributed by atoms with E-state index in [0.29, 0.717) is 24.1 Å². The molecule has 1 aromatic carbocycles. The Labute approximate surface area is 109 Å². The lowest BCUT2D eigenvalue weighted by molar-refractivity contribution is -0.148. The normalized spacial score (nSPS) is 16.7. The number of carboxylic acid groups (broad SMARTS) is 1. The van der Waals surface area contributed by atoms with Gasteiger partial charge in [0.25, 0.3) is 5.91 Å². The lowest BCUT2D eigenvalue weighted by Crippen LogP contribution is -2.59. The summed E-state index contributed by atoms with van der Waals surface area (Å²) in [5.41, 5.74) is 5.11. The summed E-state index contributed by atoms with van der Waals surface area (Å²) in [6.45, 7) is 0. The number of carbonyl (C=O) groups is 2. The van der Waals surface area contributed by atoms with Crippen molar-refractivity contribution in [3.63, 3.8) is 0 Å². The fraction of sp³-hybridized carbons (Fsp3) is 0.333. The molecule has 2 rings (SSSR count). The molecule has 1 amide bonds. The average Bonchev–Trinajstić information content (AvgIpc) is 2.26. The lowest BCUT2D eigenvalue weighted by atomic mass is 9.76. The van der Waals surface area contributed by atoms with Crippen LogP contribution >= 0.6 is 11.6 Å². The van der Waals surface area contributed by atoms with Crippen molar-refractivity contribution in [3.8, 4) is 0 Å². The van der Waals surface area contributed by atoms with E-state index in [2.05, 4.69) is 5.32 Å². The van der Waals surface area contributed by atoms with Gasteiger partial charge in [-0.15, -0.1) is 0 Å². The molecule has 4 N–H and O–H groups in total. The number of amides is 1. The van der Waals surface area contributed by atoms with Crippen molar-refractivity contribution in [2.45, 2.75) is 24.8 Å². The van der Waals surface area contributed by atoms with E-state index in [1.54, 1.807) is 0 Å². The minimum absolute atomic E-state index is 0.278. The Morgan fingerprint density at radius 1 is 1.39 bits per heavy atom. The summed E-state index contributed by atoms with van der Waals surface area (Å²) in [5, 5.41) is 12.0. The SMILES string of the molecule is Nc1ccc(C(=O)NC2(C(=O)O)CCC2)cc1Cl. The van der Waals surface area contributed by atoms with Gasteiger partial charge >= 0.3 is 5.97 Å². The van der Waals surface area contributed by atoms with Gasteiger partial charge in [-0.3, -0.25) is 4.79 Å². The molecule has 1 aliphatic rings. The van der Waals surface area contributed by atoms with E-state index in [1.807, 2.05) is 0 Å². The molecule has 0 aromatic heterocycles. The molecule has 0 aliphatic heterocycles. The molecular formula is C12H13ClN2O3. The maximum absolute atomic E-state index is 11.9. The Morgan fingerprint density at radius 2 is 2.06 bits per heavy atom. The second kappa shape index (κ2) is 4.49. The van der Waals surface area contributed by atoms with Crippen molar-refractivity contribution >= 4 is 29.2 Å². The van der Waals surface area contributed by atoms with E-state index in [9.17, 15) is 9.59 Å². The zero-order chi connectivity index (χ0) is 13.3. The fourth-order valence-electron chi connectivity index (χ4n) is 1.88. The summed E-state index contributed by atoms with van der Waals surface area (Å²) in [7, 11) is 0. The van der Waals surface area contributed by atoms with Crippen molar-refractivity contribution in [3.05, 3.63) is 28.8 Å².